The van der Waals surface area contributed by atoms with Crippen LogP contribution in [0.25, 0.3) is 88.7 Å². The number of hydrogen-bond acceptors (Lipinski definition) is 0. The Labute approximate surface area is 367 Å². The van der Waals surface area contributed by atoms with Crippen LogP contribution in [-0.4, -0.2) is 0 Å². The van der Waals surface area contributed by atoms with Gasteiger partial charge in [-0.25, -0.2) is 0 Å². The van der Waals surface area contributed by atoms with Crippen LogP contribution in [0.15, 0.2) is 188 Å². The molecule has 0 atom stereocenters. The molecular weight excluding hydrogens is 745 g/mol. The summed E-state index contributed by atoms with van der Waals surface area (Å²) in [6.07, 6.45) is 0. The van der Waals surface area contributed by atoms with Crippen molar-refractivity contribution in [2.75, 3.05) is 0 Å². The second-order valence-corrected chi connectivity index (χ2v) is 19.8. The van der Waals surface area contributed by atoms with E-state index in [1.54, 1.807) is 0 Å². The highest BCUT2D eigenvalue weighted by Crippen LogP contribution is 2.53. The van der Waals surface area contributed by atoms with Crippen molar-refractivity contribution in [3.63, 3.8) is 0 Å². The van der Waals surface area contributed by atoms with E-state index >= 15 is 0 Å². The molecule has 2 aliphatic rings. The first-order chi connectivity index (χ1) is 29.8. The second kappa shape index (κ2) is 13.9. The lowest BCUT2D eigenvalue weighted by atomic mass is 9.78. The maximum Gasteiger partial charge on any atom is 0.0159 e. The summed E-state index contributed by atoms with van der Waals surface area (Å²) in [6.45, 7) is 16.5. The molecule has 62 heavy (non-hydrogen) atoms. The molecular formula is C62H52. The van der Waals surface area contributed by atoms with E-state index in [1.165, 1.54) is 116 Å². The van der Waals surface area contributed by atoms with Gasteiger partial charge < -0.3 is 0 Å². The Kier molecular flexibility index (Phi) is 8.55. The molecule has 0 radical (unpaired) electrons. The highest BCUT2D eigenvalue weighted by molar-refractivity contribution is 5.97. The van der Waals surface area contributed by atoms with Crippen molar-refractivity contribution >= 4 is 10.8 Å². The number of rotatable bonds is 5. The van der Waals surface area contributed by atoms with Crippen LogP contribution in [-0.2, 0) is 16.2 Å². The molecule has 0 aromatic heterocycles. The highest BCUT2D eigenvalue weighted by atomic mass is 14.4. The first kappa shape index (κ1) is 38.2. The molecule has 9 aromatic carbocycles. The van der Waals surface area contributed by atoms with Gasteiger partial charge in [-0.15, -0.1) is 0 Å². The average Bonchev–Trinajstić information content (AvgIpc) is 3.66. The molecule has 0 bridgehead atoms. The van der Waals surface area contributed by atoms with E-state index in [4.69, 9.17) is 0 Å². The van der Waals surface area contributed by atoms with Crippen molar-refractivity contribution in [2.45, 2.75) is 64.7 Å². The fraction of sp³-hybridized carbons (Fsp3) is 0.161. The topological polar surface area (TPSA) is 0 Å². The Balaban J connectivity index is 0.837. The van der Waals surface area contributed by atoms with Crippen LogP contribution in [0.2, 0.25) is 0 Å². The van der Waals surface area contributed by atoms with Crippen molar-refractivity contribution in [1.82, 2.24) is 0 Å². The summed E-state index contributed by atoms with van der Waals surface area (Å²) in [5.41, 5.74) is 24.9. The highest BCUT2D eigenvalue weighted by Gasteiger charge is 2.38. The number of fused-ring (bicyclic) bond motifs is 7. The van der Waals surface area contributed by atoms with Crippen LogP contribution in [0.3, 0.4) is 0 Å². The molecule has 0 heterocycles. The quantitative estimate of drug-likeness (QED) is 0.163. The van der Waals surface area contributed by atoms with Crippen molar-refractivity contribution in [3.8, 4) is 77.9 Å². The third-order valence-electron chi connectivity index (χ3n) is 14.3. The monoisotopic (exact) mass is 796 g/mol. The Bertz CT molecular complexity index is 3230. The van der Waals surface area contributed by atoms with Gasteiger partial charge in [0.15, 0.2) is 0 Å². The van der Waals surface area contributed by atoms with Crippen LogP contribution < -0.4 is 0 Å². The van der Waals surface area contributed by atoms with E-state index in [0.29, 0.717) is 0 Å². The van der Waals surface area contributed by atoms with Gasteiger partial charge >= 0.3 is 0 Å². The third-order valence-corrected chi connectivity index (χ3v) is 14.3. The van der Waals surface area contributed by atoms with E-state index in [-0.39, 0.29) is 16.2 Å². The van der Waals surface area contributed by atoms with E-state index in [1.807, 2.05) is 0 Å². The number of hydrogen-bond donors (Lipinski definition) is 0. The van der Waals surface area contributed by atoms with Gasteiger partial charge in [-0.2, -0.15) is 0 Å². The lowest BCUT2D eigenvalue weighted by Crippen LogP contribution is -2.17. The first-order valence-electron chi connectivity index (χ1n) is 22.2. The van der Waals surface area contributed by atoms with Gasteiger partial charge in [0, 0.05) is 10.8 Å². The molecule has 9 aromatic rings. The molecule has 0 nitrogen and oxygen atoms in total. The first-order valence-corrected chi connectivity index (χ1v) is 22.2. The van der Waals surface area contributed by atoms with Crippen LogP contribution in [0.5, 0.6) is 0 Å². The molecule has 0 amide bonds. The maximum absolute atomic E-state index is 2.46. The minimum atomic E-state index is -0.123. The summed E-state index contributed by atoms with van der Waals surface area (Å²) in [6, 6.07) is 70.8. The molecule has 0 spiro atoms. The third kappa shape index (κ3) is 6.11. The Morgan fingerprint density at radius 3 is 1.18 bits per heavy atom. The van der Waals surface area contributed by atoms with Gasteiger partial charge in [-0.1, -0.05) is 212 Å². The van der Waals surface area contributed by atoms with Crippen LogP contribution in [0.1, 0.15) is 76.3 Å². The van der Waals surface area contributed by atoms with Crippen molar-refractivity contribution in [2.24, 2.45) is 0 Å². The van der Waals surface area contributed by atoms with Gasteiger partial charge in [-0.3, -0.25) is 0 Å². The zero-order valence-corrected chi connectivity index (χ0v) is 36.9. The fourth-order valence-electron chi connectivity index (χ4n) is 10.5. The summed E-state index contributed by atoms with van der Waals surface area (Å²) in [5, 5.41) is 2.55. The van der Waals surface area contributed by atoms with Gasteiger partial charge in [0.25, 0.3) is 0 Å². The van der Waals surface area contributed by atoms with Crippen LogP contribution >= 0.6 is 0 Å². The zero-order valence-electron chi connectivity index (χ0n) is 36.9. The smallest absolute Gasteiger partial charge is 0.0159 e. The van der Waals surface area contributed by atoms with Crippen LogP contribution in [0, 0.1) is 0 Å². The molecule has 0 unspecified atom stereocenters. The Morgan fingerprint density at radius 2 is 0.661 bits per heavy atom. The van der Waals surface area contributed by atoms with Gasteiger partial charge in [0.1, 0.15) is 0 Å². The largest absolute Gasteiger partial charge is 0.0616 e. The number of benzene rings is 9. The van der Waals surface area contributed by atoms with Crippen molar-refractivity contribution in [1.29, 1.82) is 0 Å². The SMILES string of the molecule is CC(C)(C)c1ccc2c(c1)C(C)(C)c1cc(-c3ccc4c(c3)C(C)(C)c3cc(-c5ccc(-c6ccc(-c7cccc(-c8cccc9ccccc89)c7)cc6)cc5)ccc3-4)ccc1-2. The zero-order chi connectivity index (χ0) is 42.5. The van der Waals surface area contributed by atoms with Gasteiger partial charge in [0.2, 0.25) is 0 Å². The lowest BCUT2D eigenvalue weighted by Gasteiger charge is -2.25. The fourth-order valence-corrected chi connectivity index (χ4v) is 10.5. The average molecular weight is 797 g/mol. The molecule has 0 aliphatic heterocycles. The minimum Gasteiger partial charge on any atom is -0.0616 e. The Hall–Kier alpha value is -6.76. The summed E-state index contributed by atoms with van der Waals surface area (Å²) < 4.78 is 0. The minimum absolute atomic E-state index is 0.0554. The van der Waals surface area contributed by atoms with Gasteiger partial charge in [-0.05, 0) is 146 Å². The van der Waals surface area contributed by atoms with E-state index in [0.717, 1.165) is 0 Å². The maximum atomic E-state index is 2.46. The summed E-state index contributed by atoms with van der Waals surface area (Å²) in [5.74, 6) is 0. The van der Waals surface area contributed by atoms with Crippen LogP contribution in [0.4, 0.5) is 0 Å². The van der Waals surface area contributed by atoms with E-state index in [2.05, 4.69) is 237 Å². The molecule has 0 N–H and O–H groups in total. The molecule has 0 saturated carbocycles. The lowest BCUT2D eigenvalue weighted by molar-refractivity contribution is 0.584. The predicted octanol–water partition coefficient (Wildman–Crippen LogP) is 17.1. The molecule has 0 saturated heterocycles. The summed E-state index contributed by atoms with van der Waals surface area (Å²) in [7, 11) is 0. The van der Waals surface area contributed by atoms with E-state index < -0.39 is 0 Å². The summed E-state index contributed by atoms with van der Waals surface area (Å²) >= 11 is 0. The second-order valence-electron chi connectivity index (χ2n) is 19.8. The molecule has 2 aliphatic carbocycles. The van der Waals surface area contributed by atoms with Gasteiger partial charge in [0.05, 0.1) is 0 Å². The van der Waals surface area contributed by atoms with E-state index in [9.17, 15) is 0 Å². The predicted molar refractivity (Wildman–Crippen MR) is 265 cm³/mol. The molecule has 0 fully saturated rings. The molecule has 0 heteroatoms. The summed E-state index contributed by atoms with van der Waals surface area (Å²) in [4.78, 5) is 0. The normalized spacial score (nSPS) is 14.3. The van der Waals surface area contributed by atoms with Crippen molar-refractivity contribution < 1.29 is 0 Å². The Morgan fingerprint density at radius 1 is 0.290 bits per heavy atom. The standard InChI is InChI=1S/C62H52/c1-60(2,3)49-29-33-55-54-32-28-47(37-58(54)62(6,7)59(55)38-49)46-27-31-53-52-30-26-45(35-56(52)61(4,5)57(53)36-46)42-24-20-40(21-25-42)39-18-22-41(23-19-39)44-14-10-15-48(34-44)51-17-11-13-43-12-8-9-16-50(43)51/h8-38H,1-7H3. The molecule has 11 rings (SSSR count). The molecule has 300 valence electrons. The van der Waals surface area contributed by atoms with Crippen molar-refractivity contribution in [3.05, 3.63) is 216 Å².